The minimum absolute atomic E-state index is 0. The van der Waals surface area contributed by atoms with E-state index in [1.165, 1.54) is 10.6 Å². The van der Waals surface area contributed by atoms with Crippen LogP contribution < -0.4 is 10.9 Å². The number of halogens is 1. The zero-order valence-electron chi connectivity index (χ0n) is 11.7. The van der Waals surface area contributed by atoms with E-state index in [9.17, 15) is 9.59 Å². The largest absolute Gasteiger partial charge is 0.333 e. The van der Waals surface area contributed by atoms with Crippen molar-refractivity contribution in [1.82, 2.24) is 19.6 Å². The number of rotatable bonds is 1. The van der Waals surface area contributed by atoms with Crippen LogP contribution in [0.5, 0.6) is 0 Å². The summed E-state index contributed by atoms with van der Waals surface area (Å²) in [6, 6.07) is 5.37. The van der Waals surface area contributed by atoms with Gasteiger partial charge < -0.3 is 10.2 Å². The number of amides is 1. The van der Waals surface area contributed by atoms with Crippen molar-refractivity contribution < 1.29 is 4.79 Å². The molecule has 0 unspecified atom stereocenters. The zero-order valence-corrected chi connectivity index (χ0v) is 12.5. The molecule has 0 spiro atoms. The van der Waals surface area contributed by atoms with E-state index in [4.69, 9.17) is 0 Å². The molecule has 0 bridgehead atoms. The van der Waals surface area contributed by atoms with Gasteiger partial charge in [0.1, 0.15) is 11.2 Å². The number of piperazine rings is 1. The van der Waals surface area contributed by atoms with Crippen LogP contribution in [-0.4, -0.2) is 45.9 Å². The van der Waals surface area contributed by atoms with Gasteiger partial charge >= 0.3 is 0 Å². The highest BCUT2D eigenvalue weighted by Gasteiger charge is 2.26. The van der Waals surface area contributed by atoms with Gasteiger partial charge in [0.05, 0.1) is 0 Å². The second-order valence-corrected chi connectivity index (χ2v) is 4.96. The first kappa shape index (κ1) is 15.5. The van der Waals surface area contributed by atoms with Gasteiger partial charge in [-0.2, -0.15) is 0 Å². The third-order valence-electron chi connectivity index (χ3n) is 3.61. The first-order valence-electron chi connectivity index (χ1n) is 6.66. The number of hydrogen-bond donors (Lipinski definition) is 1. The van der Waals surface area contributed by atoms with Crippen LogP contribution in [0.3, 0.4) is 0 Å². The van der Waals surface area contributed by atoms with Gasteiger partial charge in [-0.3, -0.25) is 14.0 Å². The lowest BCUT2D eigenvalue weighted by molar-refractivity contribution is 0.0653. The third-order valence-corrected chi connectivity index (χ3v) is 3.61. The Bertz CT molecular complexity index is 715. The summed E-state index contributed by atoms with van der Waals surface area (Å²) >= 11 is 0. The van der Waals surface area contributed by atoms with E-state index in [1.807, 2.05) is 13.0 Å². The van der Waals surface area contributed by atoms with Crippen molar-refractivity contribution in [2.75, 3.05) is 19.6 Å². The molecule has 2 aromatic heterocycles. The molecule has 0 aliphatic carbocycles. The molecule has 1 fully saturated rings. The van der Waals surface area contributed by atoms with E-state index in [0.717, 1.165) is 13.1 Å². The molecule has 1 saturated heterocycles. The van der Waals surface area contributed by atoms with E-state index < -0.39 is 0 Å². The Morgan fingerprint density at radius 2 is 2.24 bits per heavy atom. The fourth-order valence-corrected chi connectivity index (χ4v) is 2.47. The summed E-state index contributed by atoms with van der Waals surface area (Å²) in [4.78, 5) is 30.8. The first-order valence-corrected chi connectivity index (χ1v) is 6.66. The third kappa shape index (κ3) is 2.77. The van der Waals surface area contributed by atoms with E-state index in [-0.39, 0.29) is 35.5 Å². The minimum atomic E-state index is -0.314. The van der Waals surface area contributed by atoms with Crippen LogP contribution in [0.4, 0.5) is 0 Å². The van der Waals surface area contributed by atoms with Gasteiger partial charge in [-0.05, 0) is 19.1 Å². The van der Waals surface area contributed by atoms with Crippen LogP contribution in [0.15, 0.2) is 35.4 Å². The molecule has 1 aliphatic heterocycles. The molecular weight excluding hydrogens is 292 g/mol. The number of nitrogens with one attached hydrogen (secondary N) is 1. The summed E-state index contributed by atoms with van der Waals surface area (Å²) in [6.07, 6.45) is 3.01. The Balaban J connectivity index is 0.00000161. The lowest BCUT2D eigenvalue weighted by atomic mass is 10.2. The van der Waals surface area contributed by atoms with Crippen LogP contribution in [0.1, 0.15) is 17.3 Å². The van der Waals surface area contributed by atoms with E-state index in [0.29, 0.717) is 12.2 Å². The summed E-state index contributed by atoms with van der Waals surface area (Å²) in [5.74, 6) is -0.241. The van der Waals surface area contributed by atoms with Crippen molar-refractivity contribution in [3.05, 3.63) is 46.5 Å². The van der Waals surface area contributed by atoms with Crippen LogP contribution in [-0.2, 0) is 0 Å². The van der Waals surface area contributed by atoms with Crippen molar-refractivity contribution >= 4 is 24.0 Å². The number of carbonyl (C=O) groups excluding carboxylic acids is 1. The lowest BCUT2D eigenvalue weighted by Gasteiger charge is -2.33. The molecule has 0 saturated carbocycles. The Morgan fingerprint density at radius 1 is 1.43 bits per heavy atom. The molecule has 3 heterocycles. The maximum atomic E-state index is 12.5. The predicted molar refractivity (Wildman–Crippen MR) is 82.1 cm³/mol. The molecule has 21 heavy (non-hydrogen) atoms. The van der Waals surface area contributed by atoms with Crippen molar-refractivity contribution in [2.24, 2.45) is 0 Å². The SMILES string of the molecule is C[C@@H]1CNCCN1C(=O)c1cnc2ccccn2c1=O.Cl. The fraction of sp³-hybridized carbons (Fsp3) is 0.357. The highest BCUT2D eigenvalue weighted by atomic mass is 35.5. The van der Waals surface area contributed by atoms with Gasteiger partial charge in [-0.15, -0.1) is 12.4 Å². The van der Waals surface area contributed by atoms with Gasteiger partial charge in [-0.25, -0.2) is 4.98 Å². The highest BCUT2D eigenvalue weighted by molar-refractivity contribution is 5.94. The molecule has 2 aromatic rings. The van der Waals surface area contributed by atoms with Gasteiger partial charge in [0.15, 0.2) is 0 Å². The molecule has 1 atom stereocenters. The number of hydrogen-bond acceptors (Lipinski definition) is 4. The standard InChI is InChI=1S/C14H16N4O2.ClH/c1-10-8-15-5-7-17(10)13(19)11-9-16-12-4-2-3-6-18(12)14(11)20;/h2-4,6,9-10,15H,5,7-8H2,1H3;1H/t10-;/m1./s1. The number of carbonyl (C=O) groups is 1. The molecule has 7 heteroatoms. The number of pyridine rings is 1. The first-order chi connectivity index (χ1) is 9.68. The van der Waals surface area contributed by atoms with Crippen LogP contribution >= 0.6 is 12.4 Å². The molecule has 3 rings (SSSR count). The second-order valence-electron chi connectivity index (χ2n) is 4.96. The van der Waals surface area contributed by atoms with Crippen molar-refractivity contribution in [2.45, 2.75) is 13.0 Å². The minimum Gasteiger partial charge on any atom is -0.333 e. The van der Waals surface area contributed by atoms with Gasteiger partial charge in [0.2, 0.25) is 0 Å². The molecule has 1 N–H and O–H groups in total. The topological polar surface area (TPSA) is 66.7 Å². The normalized spacial score (nSPS) is 18.3. The van der Waals surface area contributed by atoms with Crippen molar-refractivity contribution in [1.29, 1.82) is 0 Å². The zero-order chi connectivity index (χ0) is 14.1. The summed E-state index contributed by atoms with van der Waals surface area (Å²) in [5.41, 5.74) is 0.358. The fourth-order valence-electron chi connectivity index (χ4n) is 2.47. The monoisotopic (exact) mass is 308 g/mol. The number of fused-ring (bicyclic) bond motifs is 1. The van der Waals surface area contributed by atoms with Gasteiger partial charge in [0, 0.05) is 38.1 Å². The number of nitrogens with zero attached hydrogens (tertiary/aromatic N) is 3. The summed E-state index contributed by atoms with van der Waals surface area (Å²) < 4.78 is 1.40. The maximum absolute atomic E-state index is 12.5. The molecule has 112 valence electrons. The quantitative estimate of drug-likeness (QED) is 0.835. The second kappa shape index (κ2) is 6.24. The lowest BCUT2D eigenvalue weighted by Crippen LogP contribution is -2.53. The summed E-state index contributed by atoms with van der Waals surface area (Å²) in [7, 11) is 0. The van der Waals surface area contributed by atoms with Crippen LogP contribution in [0.25, 0.3) is 5.65 Å². The van der Waals surface area contributed by atoms with Crippen molar-refractivity contribution in [3.63, 3.8) is 0 Å². The predicted octanol–water partition coefficient (Wildman–Crippen LogP) is 0.550. The molecule has 1 amide bonds. The Kier molecular flexibility index (Phi) is 4.59. The van der Waals surface area contributed by atoms with Crippen molar-refractivity contribution in [3.8, 4) is 0 Å². The molecule has 0 radical (unpaired) electrons. The van der Waals surface area contributed by atoms with Crippen LogP contribution in [0, 0.1) is 0 Å². The van der Waals surface area contributed by atoms with E-state index >= 15 is 0 Å². The highest BCUT2D eigenvalue weighted by Crippen LogP contribution is 2.08. The van der Waals surface area contributed by atoms with E-state index in [2.05, 4.69) is 10.3 Å². The molecule has 0 aromatic carbocycles. The Morgan fingerprint density at radius 3 is 3.00 bits per heavy atom. The van der Waals surface area contributed by atoms with Gasteiger partial charge in [-0.1, -0.05) is 6.07 Å². The summed E-state index contributed by atoms with van der Waals surface area (Å²) in [6.45, 7) is 4.07. The Hall–Kier alpha value is -1.92. The average molecular weight is 309 g/mol. The Labute approximate surface area is 128 Å². The van der Waals surface area contributed by atoms with E-state index in [1.54, 1.807) is 23.2 Å². The van der Waals surface area contributed by atoms with Crippen LogP contribution in [0.2, 0.25) is 0 Å². The average Bonchev–Trinajstić information content (AvgIpc) is 2.48. The number of aromatic nitrogens is 2. The smallest absolute Gasteiger partial charge is 0.270 e. The molecule has 1 aliphatic rings. The maximum Gasteiger partial charge on any atom is 0.270 e. The van der Waals surface area contributed by atoms with Gasteiger partial charge in [0.25, 0.3) is 11.5 Å². The summed E-state index contributed by atoms with van der Waals surface area (Å²) in [5, 5.41) is 3.22. The molecular formula is C14H17ClN4O2. The molecule has 6 nitrogen and oxygen atoms in total.